The van der Waals surface area contributed by atoms with E-state index in [0.29, 0.717) is 22.9 Å². The van der Waals surface area contributed by atoms with Gasteiger partial charge in [0, 0.05) is 28.6 Å². The lowest BCUT2D eigenvalue weighted by Gasteiger charge is -2.27. The largest absolute Gasteiger partial charge is 0.451 e. The Morgan fingerprint density at radius 1 is 1.03 bits per heavy atom. The van der Waals surface area contributed by atoms with Crippen LogP contribution in [0.5, 0.6) is 11.5 Å². The predicted octanol–water partition coefficient (Wildman–Crippen LogP) is 6.22. The standard InChI is InChI=1S/C27H23ClF2N2O4S/c1-16-35-23-12-7-17(13-24(23)36-16)27(2,3)25-14-31-26(32(25)19-10-8-18(29)9-11-19)37(33,34)15-20-21(28)5-4-6-22(20)30/h4-14,16H,15H2,1-3H3. The highest BCUT2D eigenvalue weighted by atomic mass is 35.5. The van der Waals surface area contributed by atoms with Gasteiger partial charge in [0.2, 0.25) is 21.3 Å². The third-order valence-electron chi connectivity index (χ3n) is 6.38. The normalized spacial score (nSPS) is 15.2. The summed E-state index contributed by atoms with van der Waals surface area (Å²) < 4.78 is 68.3. The highest BCUT2D eigenvalue weighted by molar-refractivity contribution is 7.90. The van der Waals surface area contributed by atoms with E-state index in [1.807, 2.05) is 26.0 Å². The molecule has 0 saturated carbocycles. The van der Waals surface area contributed by atoms with Gasteiger partial charge in [-0.2, -0.15) is 0 Å². The van der Waals surface area contributed by atoms with E-state index in [2.05, 4.69) is 4.98 Å². The van der Waals surface area contributed by atoms with Crippen LogP contribution < -0.4 is 9.47 Å². The van der Waals surface area contributed by atoms with Crippen LogP contribution in [0.25, 0.3) is 5.69 Å². The van der Waals surface area contributed by atoms with E-state index in [0.717, 1.165) is 11.6 Å². The number of aromatic nitrogens is 2. The summed E-state index contributed by atoms with van der Waals surface area (Å²) in [6.07, 6.45) is 1.05. The number of halogens is 3. The molecule has 0 fully saturated rings. The Bertz CT molecular complexity index is 1580. The molecule has 0 bridgehead atoms. The smallest absolute Gasteiger partial charge is 0.238 e. The zero-order chi connectivity index (χ0) is 26.5. The van der Waals surface area contributed by atoms with Crippen LogP contribution in [-0.2, 0) is 21.0 Å². The summed E-state index contributed by atoms with van der Waals surface area (Å²) in [6, 6.07) is 14.9. The van der Waals surface area contributed by atoms with Crippen LogP contribution in [0.2, 0.25) is 5.02 Å². The summed E-state index contributed by atoms with van der Waals surface area (Å²) in [7, 11) is -4.20. The lowest BCUT2D eigenvalue weighted by atomic mass is 9.81. The van der Waals surface area contributed by atoms with Crippen molar-refractivity contribution in [3.05, 3.63) is 100 Å². The van der Waals surface area contributed by atoms with Crippen molar-refractivity contribution in [1.82, 2.24) is 9.55 Å². The summed E-state index contributed by atoms with van der Waals surface area (Å²) in [6.45, 7) is 5.61. The SMILES string of the molecule is CC1Oc2ccc(C(C)(C)c3cnc(S(=O)(=O)Cc4c(F)cccc4Cl)n3-c3ccc(F)cc3)cc2O1. The first kappa shape index (κ1) is 25.2. The molecule has 0 amide bonds. The van der Waals surface area contributed by atoms with Gasteiger partial charge in [-0.05, 0) is 54.1 Å². The fraction of sp³-hybridized carbons (Fsp3) is 0.222. The number of sulfone groups is 1. The number of benzene rings is 3. The molecule has 1 aliphatic heterocycles. The highest BCUT2D eigenvalue weighted by Gasteiger charge is 2.35. The quantitative estimate of drug-likeness (QED) is 0.288. The maximum atomic E-state index is 14.5. The summed E-state index contributed by atoms with van der Waals surface area (Å²) >= 11 is 6.12. The molecule has 6 nitrogen and oxygen atoms in total. The van der Waals surface area contributed by atoms with Crippen LogP contribution in [0.4, 0.5) is 8.78 Å². The first-order valence-electron chi connectivity index (χ1n) is 11.4. The molecule has 2 heterocycles. The van der Waals surface area contributed by atoms with E-state index < -0.39 is 38.9 Å². The van der Waals surface area contributed by atoms with Gasteiger partial charge in [-0.1, -0.05) is 37.6 Å². The van der Waals surface area contributed by atoms with Gasteiger partial charge in [-0.3, -0.25) is 4.57 Å². The van der Waals surface area contributed by atoms with Crippen molar-refractivity contribution in [2.45, 2.75) is 43.4 Å². The third kappa shape index (κ3) is 4.57. The van der Waals surface area contributed by atoms with Gasteiger partial charge in [-0.15, -0.1) is 0 Å². The van der Waals surface area contributed by atoms with Crippen molar-refractivity contribution in [3.63, 3.8) is 0 Å². The molecule has 1 unspecified atom stereocenters. The summed E-state index contributed by atoms with van der Waals surface area (Å²) in [5.41, 5.74) is 0.783. The number of fused-ring (bicyclic) bond motifs is 1. The van der Waals surface area contributed by atoms with Crippen molar-refractivity contribution < 1.29 is 26.7 Å². The zero-order valence-electron chi connectivity index (χ0n) is 20.2. The second-order valence-corrected chi connectivity index (χ2v) is 11.6. The number of imidazole rings is 1. The first-order valence-corrected chi connectivity index (χ1v) is 13.5. The lowest BCUT2D eigenvalue weighted by Crippen LogP contribution is -2.24. The molecule has 192 valence electrons. The Labute approximate surface area is 218 Å². The zero-order valence-corrected chi connectivity index (χ0v) is 21.8. The van der Waals surface area contributed by atoms with Gasteiger partial charge in [0.05, 0.1) is 17.6 Å². The van der Waals surface area contributed by atoms with Crippen molar-refractivity contribution in [1.29, 1.82) is 0 Å². The minimum absolute atomic E-state index is 0.00129. The molecule has 1 atom stereocenters. The van der Waals surface area contributed by atoms with E-state index in [1.54, 1.807) is 13.0 Å². The van der Waals surface area contributed by atoms with E-state index >= 15 is 0 Å². The topological polar surface area (TPSA) is 70.4 Å². The van der Waals surface area contributed by atoms with Crippen molar-refractivity contribution in [2.24, 2.45) is 0 Å². The molecule has 10 heteroatoms. The van der Waals surface area contributed by atoms with E-state index in [1.165, 1.54) is 47.2 Å². The highest BCUT2D eigenvalue weighted by Crippen LogP contribution is 2.41. The maximum Gasteiger partial charge on any atom is 0.238 e. The van der Waals surface area contributed by atoms with Crippen molar-refractivity contribution >= 4 is 21.4 Å². The van der Waals surface area contributed by atoms with Crippen LogP contribution in [0.1, 0.15) is 37.6 Å². The molecule has 0 N–H and O–H groups in total. The Hall–Kier alpha value is -3.43. The van der Waals surface area contributed by atoms with Crippen molar-refractivity contribution in [3.8, 4) is 17.2 Å². The maximum absolute atomic E-state index is 14.5. The Morgan fingerprint density at radius 3 is 2.43 bits per heavy atom. The molecular weight excluding hydrogens is 522 g/mol. The summed E-state index contributed by atoms with van der Waals surface area (Å²) in [5, 5.41) is -0.311. The molecule has 0 radical (unpaired) electrons. The number of ether oxygens (including phenoxy) is 2. The Balaban J connectivity index is 1.66. The minimum atomic E-state index is -4.20. The average Bonchev–Trinajstić information content (AvgIpc) is 3.45. The summed E-state index contributed by atoms with van der Waals surface area (Å²) in [5.74, 6) is -0.710. The molecule has 0 spiro atoms. The van der Waals surface area contributed by atoms with Crippen LogP contribution >= 0.6 is 11.6 Å². The van der Waals surface area contributed by atoms with Gasteiger partial charge < -0.3 is 9.47 Å². The van der Waals surface area contributed by atoms with Crippen LogP contribution in [0.15, 0.2) is 72.0 Å². The van der Waals surface area contributed by atoms with Gasteiger partial charge >= 0.3 is 0 Å². The monoisotopic (exact) mass is 544 g/mol. The van der Waals surface area contributed by atoms with Crippen LogP contribution in [-0.4, -0.2) is 24.3 Å². The number of nitrogens with zero attached hydrogens (tertiary/aromatic N) is 2. The first-order chi connectivity index (χ1) is 17.5. The number of hydrogen-bond acceptors (Lipinski definition) is 5. The Morgan fingerprint density at radius 2 is 1.73 bits per heavy atom. The van der Waals surface area contributed by atoms with Crippen molar-refractivity contribution in [2.75, 3.05) is 0 Å². The Kier molecular flexibility index (Phi) is 6.24. The van der Waals surface area contributed by atoms with Crippen LogP contribution in [0, 0.1) is 11.6 Å². The molecule has 4 aromatic rings. The molecular formula is C27H23ClF2N2O4S. The third-order valence-corrected chi connectivity index (χ3v) is 8.25. The molecule has 37 heavy (non-hydrogen) atoms. The molecule has 0 aliphatic carbocycles. The van der Waals surface area contributed by atoms with E-state index in [9.17, 15) is 17.2 Å². The predicted molar refractivity (Wildman–Crippen MR) is 135 cm³/mol. The molecule has 0 saturated heterocycles. The minimum Gasteiger partial charge on any atom is -0.451 e. The number of rotatable bonds is 6. The molecule has 3 aromatic carbocycles. The van der Waals surface area contributed by atoms with E-state index in [4.69, 9.17) is 21.1 Å². The van der Waals surface area contributed by atoms with Gasteiger partial charge in [0.1, 0.15) is 11.6 Å². The van der Waals surface area contributed by atoms with E-state index in [-0.39, 0.29) is 15.7 Å². The molecule has 1 aliphatic rings. The fourth-order valence-electron chi connectivity index (χ4n) is 4.38. The molecule has 5 rings (SSSR count). The van der Waals surface area contributed by atoms with Gasteiger partial charge in [-0.25, -0.2) is 22.2 Å². The molecule has 1 aromatic heterocycles. The number of hydrogen-bond donors (Lipinski definition) is 0. The average molecular weight is 545 g/mol. The van der Waals surface area contributed by atoms with Gasteiger partial charge in [0.15, 0.2) is 11.5 Å². The van der Waals surface area contributed by atoms with Crippen LogP contribution in [0.3, 0.4) is 0 Å². The fourth-order valence-corrected chi connectivity index (χ4v) is 6.18. The lowest BCUT2D eigenvalue weighted by molar-refractivity contribution is 0.0678. The second kappa shape index (κ2) is 9.15. The second-order valence-electron chi connectivity index (χ2n) is 9.29. The summed E-state index contributed by atoms with van der Waals surface area (Å²) in [4.78, 5) is 4.28. The van der Waals surface area contributed by atoms with Gasteiger partial charge in [0.25, 0.3) is 0 Å².